The second kappa shape index (κ2) is 5.86. The molecule has 0 spiro atoms. The van der Waals surface area contributed by atoms with E-state index in [0.29, 0.717) is 17.9 Å². The van der Waals surface area contributed by atoms with Crippen LogP contribution in [0.4, 0.5) is 0 Å². The van der Waals surface area contributed by atoms with Crippen LogP contribution in [0.1, 0.15) is 57.7 Å². The second-order valence-electron chi connectivity index (χ2n) is 6.17. The molecule has 3 nitrogen and oxygen atoms in total. The first-order valence-electron chi connectivity index (χ1n) is 7.82. The van der Waals surface area contributed by atoms with E-state index in [1.165, 1.54) is 31.2 Å². The van der Waals surface area contributed by atoms with E-state index in [-0.39, 0.29) is 12.2 Å². The number of amides is 1. The van der Waals surface area contributed by atoms with Crippen molar-refractivity contribution in [3.8, 4) is 0 Å². The van der Waals surface area contributed by atoms with Crippen LogP contribution in [0.3, 0.4) is 0 Å². The largest absolute Gasteiger partial charge is 0.319 e. The molecule has 0 aromatic carbocycles. The summed E-state index contributed by atoms with van der Waals surface area (Å²) >= 11 is 1.71. The Morgan fingerprint density at radius 2 is 2.20 bits per heavy atom. The highest BCUT2D eigenvalue weighted by atomic mass is 32.1. The lowest BCUT2D eigenvalue weighted by Crippen LogP contribution is -2.39. The second-order valence-corrected chi connectivity index (χ2v) is 6.95. The number of hydrogen-bond acceptors (Lipinski definition) is 3. The van der Waals surface area contributed by atoms with Gasteiger partial charge in [0.1, 0.15) is 6.17 Å². The highest BCUT2D eigenvalue weighted by molar-refractivity contribution is 7.07. The molecule has 1 aliphatic heterocycles. The molecule has 3 unspecified atom stereocenters. The molecule has 1 amide bonds. The van der Waals surface area contributed by atoms with E-state index in [4.69, 9.17) is 0 Å². The summed E-state index contributed by atoms with van der Waals surface area (Å²) in [4.78, 5) is 15.0. The number of rotatable bonds is 4. The highest BCUT2D eigenvalue weighted by Crippen LogP contribution is 2.36. The smallest absolute Gasteiger partial charge is 0.241 e. The fourth-order valence-electron chi connectivity index (χ4n) is 3.51. The third kappa shape index (κ3) is 2.40. The van der Waals surface area contributed by atoms with Gasteiger partial charge in [-0.05, 0) is 41.1 Å². The molecule has 3 rings (SSSR count). The Bertz CT molecular complexity index is 453. The summed E-state index contributed by atoms with van der Waals surface area (Å²) in [5.74, 6) is 0.720. The molecule has 4 heteroatoms. The Balaban J connectivity index is 1.87. The Labute approximate surface area is 125 Å². The molecular weight excluding hydrogens is 268 g/mol. The maximum Gasteiger partial charge on any atom is 0.241 e. The van der Waals surface area contributed by atoms with Gasteiger partial charge in [-0.1, -0.05) is 33.1 Å². The molecule has 1 aromatic rings. The van der Waals surface area contributed by atoms with Gasteiger partial charge < -0.3 is 4.90 Å². The fourth-order valence-corrected chi connectivity index (χ4v) is 4.19. The molecule has 3 atom stereocenters. The van der Waals surface area contributed by atoms with Crippen molar-refractivity contribution in [2.75, 3.05) is 0 Å². The van der Waals surface area contributed by atoms with Crippen LogP contribution >= 0.6 is 11.3 Å². The first-order valence-corrected chi connectivity index (χ1v) is 8.77. The van der Waals surface area contributed by atoms with E-state index in [0.717, 1.165) is 6.42 Å². The molecule has 1 N–H and O–H groups in total. The summed E-state index contributed by atoms with van der Waals surface area (Å²) in [5, 5.41) is 7.88. The minimum absolute atomic E-state index is 0.00880. The van der Waals surface area contributed by atoms with Gasteiger partial charge in [-0.2, -0.15) is 11.3 Å². The predicted molar refractivity (Wildman–Crippen MR) is 82.5 cm³/mol. The molecule has 1 aromatic heterocycles. The summed E-state index contributed by atoms with van der Waals surface area (Å²) in [6.45, 7) is 4.34. The number of hydrogen-bond donors (Lipinski definition) is 1. The van der Waals surface area contributed by atoms with Gasteiger partial charge in [0.25, 0.3) is 0 Å². The Kier molecular flexibility index (Phi) is 4.13. The highest BCUT2D eigenvalue weighted by Gasteiger charge is 2.45. The molecule has 1 saturated carbocycles. The van der Waals surface area contributed by atoms with Gasteiger partial charge in [0.2, 0.25) is 5.91 Å². The van der Waals surface area contributed by atoms with Crippen molar-refractivity contribution in [2.24, 2.45) is 5.92 Å². The molecule has 0 bridgehead atoms. The average Bonchev–Trinajstić information content (AvgIpc) is 3.17. The molecule has 110 valence electrons. The minimum Gasteiger partial charge on any atom is -0.319 e. The number of nitrogens with one attached hydrogen (secondary N) is 1. The number of carbonyl (C=O) groups is 1. The molecule has 2 fully saturated rings. The van der Waals surface area contributed by atoms with Crippen LogP contribution in [0, 0.1) is 5.92 Å². The zero-order chi connectivity index (χ0) is 14.1. The van der Waals surface area contributed by atoms with Crippen molar-refractivity contribution >= 4 is 17.2 Å². The third-order valence-electron chi connectivity index (χ3n) is 4.93. The van der Waals surface area contributed by atoms with Crippen molar-refractivity contribution in [3.63, 3.8) is 0 Å². The zero-order valence-electron chi connectivity index (χ0n) is 12.3. The van der Waals surface area contributed by atoms with Crippen LogP contribution in [0.2, 0.25) is 0 Å². The molecule has 1 saturated heterocycles. The normalized spacial score (nSPS) is 29.3. The summed E-state index contributed by atoms with van der Waals surface area (Å²) in [7, 11) is 0. The van der Waals surface area contributed by atoms with Crippen molar-refractivity contribution in [2.45, 2.75) is 64.2 Å². The van der Waals surface area contributed by atoms with E-state index in [1.54, 1.807) is 11.3 Å². The lowest BCUT2D eigenvalue weighted by atomic mass is 9.99. The molecule has 1 aliphatic carbocycles. The van der Waals surface area contributed by atoms with Crippen LogP contribution in [-0.4, -0.2) is 22.9 Å². The maximum atomic E-state index is 12.9. The van der Waals surface area contributed by atoms with Crippen LogP contribution in [0.5, 0.6) is 0 Å². The summed E-state index contributed by atoms with van der Waals surface area (Å²) in [5.41, 5.74) is 1.25. The van der Waals surface area contributed by atoms with Crippen molar-refractivity contribution in [1.29, 1.82) is 0 Å². The minimum atomic E-state index is -0.00880. The van der Waals surface area contributed by atoms with Crippen molar-refractivity contribution < 1.29 is 4.79 Å². The van der Waals surface area contributed by atoms with E-state index in [1.807, 2.05) is 0 Å². The fraction of sp³-hybridized carbons (Fsp3) is 0.688. The monoisotopic (exact) mass is 292 g/mol. The van der Waals surface area contributed by atoms with Crippen LogP contribution < -0.4 is 5.32 Å². The Morgan fingerprint density at radius 3 is 2.80 bits per heavy atom. The molecule has 2 heterocycles. The van der Waals surface area contributed by atoms with Gasteiger partial charge >= 0.3 is 0 Å². The Morgan fingerprint density at radius 1 is 1.45 bits per heavy atom. The number of nitrogens with zero attached hydrogens (tertiary/aromatic N) is 1. The van der Waals surface area contributed by atoms with Gasteiger partial charge in [-0.25, -0.2) is 0 Å². The average molecular weight is 292 g/mol. The van der Waals surface area contributed by atoms with Gasteiger partial charge in [0.15, 0.2) is 0 Å². The van der Waals surface area contributed by atoms with Crippen molar-refractivity contribution in [3.05, 3.63) is 22.4 Å². The van der Waals surface area contributed by atoms with E-state index < -0.39 is 0 Å². The first-order chi connectivity index (χ1) is 9.72. The van der Waals surface area contributed by atoms with Crippen LogP contribution in [0.15, 0.2) is 16.8 Å². The standard InChI is InChI=1S/C16H24N2OS/c1-3-11(2)14-16(19)18(13-6-4-5-7-13)15(17-14)12-8-9-20-10-12/h8-11,13-15,17H,3-7H2,1-2H3. The predicted octanol–water partition coefficient (Wildman–Crippen LogP) is 3.54. The molecule has 20 heavy (non-hydrogen) atoms. The van der Waals surface area contributed by atoms with Gasteiger partial charge in [0.05, 0.1) is 6.04 Å². The van der Waals surface area contributed by atoms with E-state index >= 15 is 0 Å². The van der Waals surface area contributed by atoms with Gasteiger partial charge in [0, 0.05) is 6.04 Å². The lowest BCUT2D eigenvalue weighted by Gasteiger charge is -2.29. The van der Waals surface area contributed by atoms with Gasteiger partial charge in [-0.15, -0.1) is 0 Å². The first kappa shape index (κ1) is 14.1. The number of carbonyl (C=O) groups excluding carboxylic acids is 1. The summed E-state index contributed by atoms with van der Waals surface area (Å²) in [6, 6.07) is 2.58. The molecule has 2 aliphatic rings. The lowest BCUT2D eigenvalue weighted by molar-refractivity contribution is -0.133. The van der Waals surface area contributed by atoms with Crippen LogP contribution in [-0.2, 0) is 4.79 Å². The van der Waals surface area contributed by atoms with E-state index in [9.17, 15) is 4.79 Å². The molecule has 0 radical (unpaired) electrons. The Hall–Kier alpha value is -0.870. The topological polar surface area (TPSA) is 32.3 Å². The zero-order valence-corrected chi connectivity index (χ0v) is 13.2. The third-order valence-corrected chi connectivity index (χ3v) is 5.63. The molecular formula is C16H24N2OS. The summed E-state index contributed by atoms with van der Waals surface area (Å²) in [6.07, 6.45) is 5.99. The quantitative estimate of drug-likeness (QED) is 0.920. The maximum absolute atomic E-state index is 12.9. The SMILES string of the molecule is CCC(C)C1NC(c2ccsc2)N(C2CCCC2)C1=O. The van der Waals surface area contributed by atoms with Gasteiger partial charge in [-0.3, -0.25) is 10.1 Å². The van der Waals surface area contributed by atoms with E-state index in [2.05, 4.69) is 40.9 Å². The number of thiophene rings is 1. The van der Waals surface area contributed by atoms with Crippen LogP contribution in [0.25, 0.3) is 0 Å². The van der Waals surface area contributed by atoms with Crippen molar-refractivity contribution in [1.82, 2.24) is 10.2 Å². The summed E-state index contributed by atoms with van der Waals surface area (Å²) < 4.78 is 0.